The highest BCUT2D eigenvalue weighted by Crippen LogP contribution is 2.56. The number of nitrogens with one attached hydrogen (secondary N) is 1. The number of ketones is 1. The number of fused-ring (bicyclic) bond motifs is 2. The Kier molecular flexibility index (Phi) is 8.10. The number of hydrogen-bond donors (Lipinski definition) is 6. The number of hydrogen-bond acceptors (Lipinski definition) is 8. The van der Waals surface area contributed by atoms with Gasteiger partial charge in [-0.05, 0) is 69.0 Å². The normalized spacial score (nSPS) is 33.9. The first kappa shape index (κ1) is 29.0. The summed E-state index contributed by atoms with van der Waals surface area (Å²) >= 11 is 0. The fourth-order valence-electron chi connectivity index (χ4n) is 6.82. The van der Waals surface area contributed by atoms with Crippen LogP contribution in [0.4, 0.5) is 0 Å². The van der Waals surface area contributed by atoms with Crippen molar-refractivity contribution < 1.29 is 30.0 Å². The molecule has 39 heavy (non-hydrogen) atoms. The maximum Gasteiger partial charge on any atom is 0.255 e. The standard InChI is InChI=1S/C30H41N3O6/c1-15-12-19(6-7-20(18(4)34)14-32-21-8-10-33(5)11-9-21)16(2)25-24(15)17(3)30(39)22(27(25)36)13-23(35)26(28(30)37)29(31)38/h6-7,16,21-22,25,27,32,34,36-37,39H,1,4,8-14H2,2-3,5H3,(H2,31,38)/b19-6+,20-7-/t16-,22+,25+,27+,30+/m0/s1. The molecule has 5 atom stereocenters. The van der Waals surface area contributed by atoms with Gasteiger partial charge in [-0.1, -0.05) is 37.8 Å². The lowest BCUT2D eigenvalue weighted by atomic mass is 9.54. The first-order valence-corrected chi connectivity index (χ1v) is 13.5. The predicted octanol–water partition coefficient (Wildman–Crippen LogP) is 2.12. The summed E-state index contributed by atoms with van der Waals surface area (Å²) < 4.78 is 0. The van der Waals surface area contributed by atoms with E-state index in [1.165, 1.54) is 0 Å². The number of amides is 1. The Morgan fingerprint density at radius 2 is 1.95 bits per heavy atom. The van der Waals surface area contributed by atoms with Crippen LogP contribution in [0.3, 0.4) is 0 Å². The maximum atomic E-state index is 12.7. The molecule has 0 unspecified atom stereocenters. The molecule has 1 amide bonds. The largest absolute Gasteiger partial charge is 0.508 e. The van der Waals surface area contributed by atoms with Crippen LogP contribution < -0.4 is 11.1 Å². The Balaban J connectivity index is 1.64. The number of nitrogens with zero attached hydrogens (tertiary/aromatic N) is 1. The van der Waals surface area contributed by atoms with E-state index in [2.05, 4.69) is 30.4 Å². The number of carbonyl (C=O) groups is 2. The molecule has 9 heteroatoms. The second-order valence-electron chi connectivity index (χ2n) is 11.6. The van der Waals surface area contributed by atoms with Gasteiger partial charge in [-0.3, -0.25) is 9.59 Å². The SMILES string of the molecule is C=C1C/C(=C\C=C(\CNC2CCN(C)CC2)C(=C)O)[C@H](C)[C@@H]2C1=C(C)[C@]1(O)C(O)=C(C(N)=O)C(=O)C[C@@H]1[C@H]2O. The molecule has 2 fully saturated rings. The lowest BCUT2D eigenvalue weighted by molar-refractivity contribution is -0.133. The molecule has 9 nitrogen and oxygen atoms in total. The van der Waals surface area contributed by atoms with Crippen LogP contribution in [0.15, 0.2) is 70.3 Å². The van der Waals surface area contributed by atoms with Crippen molar-refractivity contribution in [2.45, 2.75) is 57.3 Å². The van der Waals surface area contributed by atoms with Gasteiger partial charge in [-0.25, -0.2) is 0 Å². The Hall–Kier alpha value is -2.98. The number of likely N-dealkylation sites (tertiary alicyclic amines) is 1. The highest BCUT2D eigenvalue weighted by Gasteiger charge is 2.60. The monoisotopic (exact) mass is 539 g/mol. The smallest absolute Gasteiger partial charge is 0.255 e. The third-order valence-corrected chi connectivity index (χ3v) is 9.25. The maximum absolute atomic E-state index is 12.7. The van der Waals surface area contributed by atoms with Crippen LogP contribution in [0.1, 0.15) is 39.5 Å². The van der Waals surface area contributed by atoms with Crippen molar-refractivity contribution in [3.8, 4) is 0 Å². The van der Waals surface area contributed by atoms with Crippen LogP contribution in [-0.4, -0.2) is 81.4 Å². The Morgan fingerprint density at radius 3 is 2.54 bits per heavy atom. The zero-order valence-corrected chi connectivity index (χ0v) is 23.0. The topological polar surface area (TPSA) is 156 Å². The number of carbonyl (C=O) groups excluding carboxylic acids is 2. The molecule has 1 heterocycles. The Labute approximate surface area is 229 Å². The number of rotatable bonds is 6. The van der Waals surface area contributed by atoms with E-state index in [9.17, 15) is 30.0 Å². The van der Waals surface area contributed by atoms with E-state index in [0.717, 1.165) is 31.5 Å². The summed E-state index contributed by atoms with van der Waals surface area (Å²) in [6, 6.07) is 0.371. The molecule has 1 saturated heterocycles. The van der Waals surface area contributed by atoms with Crippen LogP contribution in [0, 0.1) is 17.8 Å². The fourth-order valence-corrected chi connectivity index (χ4v) is 6.82. The molecule has 1 saturated carbocycles. The number of aliphatic hydroxyl groups is 4. The second kappa shape index (κ2) is 10.9. The third-order valence-electron chi connectivity index (χ3n) is 9.25. The first-order chi connectivity index (χ1) is 18.3. The van der Waals surface area contributed by atoms with Crippen molar-refractivity contribution >= 4 is 11.7 Å². The highest BCUT2D eigenvalue weighted by molar-refractivity contribution is 6.20. The van der Waals surface area contributed by atoms with E-state index in [1.807, 2.05) is 19.1 Å². The van der Waals surface area contributed by atoms with Crippen LogP contribution in [0.25, 0.3) is 0 Å². The Bertz CT molecular complexity index is 1220. The third kappa shape index (κ3) is 5.04. The minimum absolute atomic E-state index is 0.0120. The molecule has 0 aromatic rings. The van der Waals surface area contributed by atoms with Crippen molar-refractivity contribution in [2.75, 3.05) is 26.7 Å². The van der Waals surface area contributed by atoms with Gasteiger partial charge in [0, 0.05) is 36.4 Å². The van der Waals surface area contributed by atoms with E-state index in [-0.39, 0.29) is 18.1 Å². The summed E-state index contributed by atoms with van der Waals surface area (Å²) in [5.74, 6) is -4.34. The molecule has 0 aromatic carbocycles. The van der Waals surface area contributed by atoms with Crippen molar-refractivity contribution in [2.24, 2.45) is 23.5 Å². The second-order valence-corrected chi connectivity index (χ2v) is 11.6. The van der Waals surface area contributed by atoms with Gasteiger partial charge >= 0.3 is 0 Å². The first-order valence-electron chi connectivity index (χ1n) is 13.5. The molecule has 4 aliphatic rings. The van der Waals surface area contributed by atoms with Gasteiger partial charge in [-0.15, -0.1) is 0 Å². The molecule has 4 rings (SSSR count). The molecule has 0 bridgehead atoms. The molecule has 3 aliphatic carbocycles. The average Bonchev–Trinajstić information content (AvgIpc) is 2.86. The van der Waals surface area contributed by atoms with E-state index < -0.39 is 46.6 Å². The molecule has 212 valence electrons. The van der Waals surface area contributed by atoms with E-state index >= 15 is 0 Å². The van der Waals surface area contributed by atoms with Gasteiger partial charge in [0.05, 0.1) is 6.10 Å². The number of nitrogens with two attached hydrogens (primary N) is 1. The molecule has 0 aromatic heterocycles. The predicted molar refractivity (Wildman–Crippen MR) is 148 cm³/mol. The van der Waals surface area contributed by atoms with Crippen molar-refractivity contribution in [3.05, 3.63) is 70.3 Å². The van der Waals surface area contributed by atoms with Crippen LogP contribution in [0.2, 0.25) is 0 Å². The van der Waals surface area contributed by atoms with Gasteiger partial charge < -0.3 is 36.4 Å². The summed E-state index contributed by atoms with van der Waals surface area (Å²) in [6.07, 6.45) is 4.78. The fraction of sp³-hybridized carbons (Fsp3) is 0.533. The van der Waals surface area contributed by atoms with Crippen molar-refractivity contribution in [1.29, 1.82) is 0 Å². The van der Waals surface area contributed by atoms with E-state index in [0.29, 0.717) is 41.3 Å². The summed E-state index contributed by atoms with van der Waals surface area (Å²) in [7, 11) is 2.11. The summed E-state index contributed by atoms with van der Waals surface area (Å²) in [4.78, 5) is 26.8. The molecule has 0 spiro atoms. The van der Waals surface area contributed by atoms with Crippen LogP contribution >= 0.6 is 0 Å². The lowest BCUT2D eigenvalue weighted by Crippen LogP contribution is -2.59. The Morgan fingerprint density at radius 1 is 1.31 bits per heavy atom. The van der Waals surface area contributed by atoms with Gasteiger partial charge in [-0.2, -0.15) is 0 Å². The zero-order chi connectivity index (χ0) is 28.8. The van der Waals surface area contributed by atoms with Gasteiger partial charge in [0.15, 0.2) is 5.78 Å². The minimum Gasteiger partial charge on any atom is -0.508 e. The van der Waals surface area contributed by atoms with Crippen LogP contribution in [-0.2, 0) is 9.59 Å². The number of primary amides is 1. The van der Waals surface area contributed by atoms with Crippen molar-refractivity contribution in [3.63, 3.8) is 0 Å². The number of aliphatic hydroxyl groups excluding tert-OH is 3. The summed E-state index contributed by atoms with van der Waals surface area (Å²) in [5, 5.41) is 47.8. The van der Waals surface area contributed by atoms with Gasteiger partial charge in [0.2, 0.25) is 0 Å². The molecular weight excluding hydrogens is 498 g/mol. The van der Waals surface area contributed by atoms with Gasteiger partial charge in [0.25, 0.3) is 5.91 Å². The molecular formula is C30H41N3O6. The molecule has 7 N–H and O–H groups in total. The number of allylic oxidation sites excluding steroid dienone is 4. The quantitative estimate of drug-likeness (QED) is 0.170. The van der Waals surface area contributed by atoms with E-state index in [4.69, 9.17) is 5.73 Å². The number of piperidine rings is 1. The summed E-state index contributed by atoms with van der Waals surface area (Å²) in [6.45, 7) is 14.1. The van der Waals surface area contributed by atoms with Gasteiger partial charge in [0.1, 0.15) is 22.7 Å². The highest BCUT2D eigenvalue weighted by atomic mass is 16.3. The summed E-state index contributed by atoms with van der Waals surface area (Å²) in [5.41, 5.74) is 5.93. The molecule has 0 radical (unpaired) electrons. The minimum atomic E-state index is -2.09. The average molecular weight is 540 g/mol. The number of Topliss-reactive ketones (excluding diaryl/α,β-unsaturated/α-hetero) is 1. The zero-order valence-electron chi connectivity index (χ0n) is 23.0. The van der Waals surface area contributed by atoms with Crippen LogP contribution in [0.5, 0.6) is 0 Å². The van der Waals surface area contributed by atoms with Crippen molar-refractivity contribution in [1.82, 2.24) is 10.2 Å². The lowest BCUT2D eigenvalue weighted by Gasteiger charge is -2.53. The molecule has 1 aliphatic heterocycles. The van der Waals surface area contributed by atoms with E-state index in [1.54, 1.807) is 6.92 Å².